The number of hydrogen-bond acceptors (Lipinski definition) is 7. The SMILES string of the molecule is Cc1nn(-c2ccccc2)c2c1C1(C(=O)Nc3ccc([N+](=O)[O-])cc31)C(C#N)=C(N)O2. The van der Waals surface area contributed by atoms with Crippen molar-refractivity contribution < 1.29 is 14.5 Å². The maximum absolute atomic E-state index is 13.5. The normalized spacial score (nSPS) is 18.8. The summed E-state index contributed by atoms with van der Waals surface area (Å²) < 4.78 is 7.29. The van der Waals surface area contributed by atoms with E-state index in [1.54, 1.807) is 19.1 Å². The number of nitro benzene ring substituents is 1. The molecule has 1 spiro atoms. The zero-order chi connectivity index (χ0) is 21.9. The van der Waals surface area contributed by atoms with E-state index in [0.29, 0.717) is 22.6 Å². The van der Waals surface area contributed by atoms with E-state index in [1.807, 2.05) is 24.3 Å². The van der Waals surface area contributed by atoms with Crippen LogP contribution in [0.3, 0.4) is 0 Å². The van der Waals surface area contributed by atoms with Gasteiger partial charge >= 0.3 is 0 Å². The van der Waals surface area contributed by atoms with E-state index in [2.05, 4.69) is 10.4 Å². The maximum atomic E-state index is 13.5. The molecule has 10 nitrogen and oxygen atoms in total. The molecule has 10 heteroatoms. The van der Waals surface area contributed by atoms with Gasteiger partial charge in [0.15, 0.2) is 0 Å². The minimum atomic E-state index is -1.72. The number of nitrogens with two attached hydrogens (primary N) is 1. The smallest absolute Gasteiger partial charge is 0.269 e. The summed E-state index contributed by atoms with van der Waals surface area (Å²) in [6.07, 6.45) is 0. The van der Waals surface area contributed by atoms with E-state index in [-0.39, 0.29) is 28.6 Å². The van der Waals surface area contributed by atoms with Crippen LogP contribution in [-0.2, 0) is 10.2 Å². The van der Waals surface area contributed by atoms with Gasteiger partial charge in [-0.15, -0.1) is 0 Å². The van der Waals surface area contributed by atoms with Crippen LogP contribution < -0.4 is 15.8 Å². The average molecular weight is 414 g/mol. The van der Waals surface area contributed by atoms with Gasteiger partial charge in [0.2, 0.25) is 17.7 Å². The molecule has 3 heterocycles. The Bertz CT molecular complexity index is 1370. The molecule has 1 aromatic heterocycles. The number of nitro groups is 1. The number of nitrogens with zero attached hydrogens (tertiary/aromatic N) is 4. The monoisotopic (exact) mass is 414 g/mol. The number of carbonyl (C=O) groups is 1. The molecule has 3 N–H and O–H groups in total. The first-order valence-corrected chi connectivity index (χ1v) is 9.23. The van der Waals surface area contributed by atoms with Crippen LogP contribution in [0.5, 0.6) is 5.88 Å². The minimum absolute atomic E-state index is 0.146. The van der Waals surface area contributed by atoms with Crippen LogP contribution in [0.15, 0.2) is 60.0 Å². The van der Waals surface area contributed by atoms with Crippen molar-refractivity contribution in [3.8, 4) is 17.6 Å². The molecular formula is C21H14N6O4. The number of rotatable bonds is 2. The number of fused-ring (bicyclic) bond motifs is 4. The molecule has 0 fully saturated rings. The Labute approximate surface area is 175 Å². The number of para-hydroxylation sites is 1. The highest BCUT2D eigenvalue weighted by molar-refractivity contribution is 6.13. The summed E-state index contributed by atoms with van der Waals surface area (Å²) in [7, 11) is 0. The number of carbonyl (C=O) groups excluding carboxylic acids is 1. The predicted octanol–water partition coefficient (Wildman–Crippen LogP) is 2.41. The zero-order valence-corrected chi connectivity index (χ0v) is 16.1. The first-order valence-electron chi connectivity index (χ1n) is 9.23. The summed E-state index contributed by atoms with van der Waals surface area (Å²) in [6, 6.07) is 15.1. The molecule has 0 aliphatic carbocycles. The van der Waals surface area contributed by atoms with Gasteiger partial charge in [0.1, 0.15) is 17.1 Å². The van der Waals surface area contributed by atoms with Crippen LogP contribution in [0, 0.1) is 28.4 Å². The molecule has 0 bridgehead atoms. The number of aryl methyl sites for hydroxylation is 1. The number of ether oxygens (including phenoxy) is 1. The number of nitrogens with one attached hydrogen (secondary N) is 1. The van der Waals surface area contributed by atoms with Gasteiger partial charge in [-0.1, -0.05) is 18.2 Å². The fourth-order valence-corrected chi connectivity index (χ4v) is 4.28. The van der Waals surface area contributed by atoms with Crippen molar-refractivity contribution in [1.82, 2.24) is 9.78 Å². The highest BCUT2D eigenvalue weighted by Crippen LogP contribution is 2.55. The standard InChI is InChI=1S/C21H14N6O4/c1-11-17-19(26(25-11)12-5-3-2-4-6-12)31-18(23)15(10-22)21(17)14-9-13(27(29)30)7-8-16(14)24-20(21)28/h2-9H,23H2,1H3,(H,24,28). The molecule has 0 saturated carbocycles. The van der Waals surface area contributed by atoms with Crippen LogP contribution in [0.4, 0.5) is 11.4 Å². The van der Waals surface area contributed by atoms with Crippen molar-refractivity contribution in [2.75, 3.05) is 5.32 Å². The average Bonchev–Trinajstić information content (AvgIpc) is 3.23. The van der Waals surface area contributed by atoms with Crippen LogP contribution in [0.1, 0.15) is 16.8 Å². The molecule has 152 valence electrons. The van der Waals surface area contributed by atoms with Crippen molar-refractivity contribution in [3.63, 3.8) is 0 Å². The lowest BCUT2D eigenvalue weighted by Gasteiger charge is -2.32. The molecule has 2 aliphatic rings. The quantitative estimate of drug-likeness (QED) is 0.483. The second kappa shape index (κ2) is 6.17. The Morgan fingerprint density at radius 1 is 1.29 bits per heavy atom. The highest BCUT2D eigenvalue weighted by Gasteiger charge is 2.59. The van der Waals surface area contributed by atoms with E-state index < -0.39 is 16.2 Å². The van der Waals surface area contributed by atoms with Crippen molar-refractivity contribution in [2.45, 2.75) is 12.3 Å². The van der Waals surface area contributed by atoms with E-state index in [0.717, 1.165) is 0 Å². The van der Waals surface area contributed by atoms with Gasteiger partial charge in [0, 0.05) is 23.4 Å². The molecule has 1 atom stereocenters. The molecule has 2 aliphatic heterocycles. The van der Waals surface area contributed by atoms with Crippen LogP contribution in [-0.4, -0.2) is 20.6 Å². The summed E-state index contributed by atoms with van der Waals surface area (Å²) >= 11 is 0. The topological polar surface area (TPSA) is 149 Å². The summed E-state index contributed by atoms with van der Waals surface area (Å²) in [4.78, 5) is 24.3. The van der Waals surface area contributed by atoms with Gasteiger partial charge in [-0.2, -0.15) is 10.4 Å². The maximum Gasteiger partial charge on any atom is 0.269 e. The molecular weight excluding hydrogens is 400 g/mol. The summed E-state index contributed by atoms with van der Waals surface area (Å²) in [5, 5.41) is 28.6. The minimum Gasteiger partial charge on any atom is -0.422 e. The van der Waals surface area contributed by atoms with Crippen molar-refractivity contribution >= 4 is 17.3 Å². The second-order valence-electron chi connectivity index (χ2n) is 7.16. The van der Waals surface area contributed by atoms with Gasteiger partial charge in [-0.05, 0) is 25.1 Å². The van der Waals surface area contributed by atoms with Gasteiger partial charge in [-0.3, -0.25) is 14.9 Å². The van der Waals surface area contributed by atoms with Crippen molar-refractivity contribution in [3.05, 3.63) is 86.9 Å². The number of amides is 1. The predicted molar refractivity (Wildman–Crippen MR) is 108 cm³/mol. The Hall–Kier alpha value is -4.65. The largest absolute Gasteiger partial charge is 0.422 e. The van der Waals surface area contributed by atoms with Crippen LogP contribution in [0.25, 0.3) is 5.69 Å². The van der Waals surface area contributed by atoms with E-state index in [9.17, 15) is 20.2 Å². The highest BCUT2D eigenvalue weighted by atomic mass is 16.6. The fraction of sp³-hybridized carbons (Fsp3) is 0.0952. The Morgan fingerprint density at radius 3 is 2.71 bits per heavy atom. The lowest BCUT2D eigenvalue weighted by Crippen LogP contribution is -2.42. The van der Waals surface area contributed by atoms with E-state index in [4.69, 9.17) is 10.5 Å². The van der Waals surface area contributed by atoms with Crippen LogP contribution in [0.2, 0.25) is 0 Å². The lowest BCUT2D eigenvalue weighted by atomic mass is 9.69. The molecule has 3 aromatic rings. The van der Waals surface area contributed by atoms with Crippen molar-refractivity contribution in [1.29, 1.82) is 5.26 Å². The fourth-order valence-electron chi connectivity index (χ4n) is 4.28. The molecule has 31 heavy (non-hydrogen) atoms. The third-order valence-corrected chi connectivity index (χ3v) is 5.54. The first-order chi connectivity index (χ1) is 14.9. The third-order valence-electron chi connectivity index (χ3n) is 5.54. The Morgan fingerprint density at radius 2 is 2.03 bits per heavy atom. The Balaban J connectivity index is 1.90. The molecule has 2 aromatic carbocycles. The summed E-state index contributed by atoms with van der Waals surface area (Å²) in [5.74, 6) is -0.640. The summed E-state index contributed by atoms with van der Waals surface area (Å²) in [5.41, 5.74) is 6.05. The number of non-ortho nitro benzene ring substituents is 1. The number of nitriles is 1. The van der Waals surface area contributed by atoms with E-state index >= 15 is 0 Å². The molecule has 0 radical (unpaired) electrons. The lowest BCUT2D eigenvalue weighted by molar-refractivity contribution is -0.384. The summed E-state index contributed by atoms with van der Waals surface area (Å²) in [6.45, 7) is 1.68. The van der Waals surface area contributed by atoms with Gasteiger partial charge in [-0.25, -0.2) is 4.68 Å². The van der Waals surface area contributed by atoms with Gasteiger partial charge < -0.3 is 15.8 Å². The number of hydrogen-bond donors (Lipinski definition) is 2. The van der Waals surface area contributed by atoms with E-state index in [1.165, 1.54) is 22.9 Å². The number of aromatic nitrogens is 2. The third kappa shape index (κ3) is 2.25. The molecule has 0 saturated heterocycles. The number of anilines is 1. The molecule has 1 unspecified atom stereocenters. The molecule has 5 rings (SSSR count). The molecule has 1 amide bonds. The number of benzene rings is 2. The zero-order valence-electron chi connectivity index (χ0n) is 16.1. The first kappa shape index (κ1) is 18.4. The van der Waals surface area contributed by atoms with Crippen LogP contribution >= 0.6 is 0 Å². The van der Waals surface area contributed by atoms with Gasteiger partial charge in [0.25, 0.3) is 5.69 Å². The second-order valence-corrected chi connectivity index (χ2v) is 7.16. The van der Waals surface area contributed by atoms with Crippen molar-refractivity contribution in [2.24, 2.45) is 5.73 Å². The van der Waals surface area contributed by atoms with Gasteiger partial charge in [0.05, 0.1) is 21.9 Å². The Kier molecular flexibility index (Phi) is 3.66.